The van der Waals surface area contributed by atoms with Crippen molar-refractivity contribution in [2.45, 2.75) is 13.1 Å². The maximum Gasteiger partial charge on any atom is 0.376 e. The fraction of sp³-hybridized carbons (Fsp3) is 0.185. The number of nitrogens with one attached hydrogen (secondary N) is 1. The molecule has 8 heteroatoms. The standard InChI is InChI=1S/C27H26ClN5O2/c1-4-35-27(34)25-30-33(21-11-9-18(28)10-12-21)26(23-17-29-24-8-6-5-7-22(23)24)32(25)20-15-13-19(14-16-20)31(2)3/h5-17,26,29H,4H2,1-3H3/t26-/m1/s1. The molecule has 0 saturated heterocycles. The number of H-pyrrole nitrogens is 1. The van der Waals surface area contributed by atoms with Gasteiger partial charge in [0.1, 0.15) is 0 Å². The summed E-state index contributed by atoms with van der Waals surface area (Å²) in [6.07, 6.45) is 1.54. The predicted molar refractivity (Wildman–Crippen MR) is 142 cm³/mol. The molecule has 0 saturated carbocycles. The average Bonchev–Trinajstić information content (AvgIpc) is 3.46. The van der Waals surface area contributed by atoms with E-state index in [9.17, 15) is 4.79 Å². The number of amidine groups is 1. The first-order chi connectivity index (χ1) is 17.0. The van der Waals surface area contributed by atoms with Crippen LogP contribution in [-0.4, -0.2) is 37.5 Å². The number of esters is 1. The molecule has 0 amide bonds. The summed E-state index contributed by atoms with van der Waals surface area (Å²) in [5.41, 5.74) is 4.68. The lowest BCUT2D eigenvalue weighted by Crippen LogP contribution is -2.39. The summed E-state index contributed by atoms with van der Waals surface area (Å²) in [4.78, 5) is 20.5. The van der Waals surface area contributed by atoms with Gasteiger partial charge in [0.05, 0.1) is 12.3 Å². The van der Waals surface area contributed by atoms with Crippen LogP contribution in [0.5, 0.6) is 0 Å². The smallest absolute Gasteiger partial charge is 0.376 e. The summed E-state index contributed by atoms with van der Waals surface area (Å²) in [6.45, 7) is 2.04. The zero-order valence-corrected chi connectivity index (χ0v) is 20.5. The van der Waals surface area contributed by atoms with Gasteiger partial charge < -0.3 is 14.6 Å². The number of carbonyl (C=O) groups is 1. The van der Waals surface area contributed by atoms with Gasteiger partial charge in [0.25, 0.3) is 0 Å². The molecule has 0 fully saturated rings. The van der Waals surface area contributed by atoms with Gasteiger partial charge in [-0.25, -0.2) is 9.80 Å². The van der Waals surface area contributed by atoms with Crippen LogP contribution in [0.3, 0.4) is 0 Å². The highest BCUT2D eigenvalue weighted by atomic mass is 35.5. The summed E-state index contributed by atoms with van der Waals surface area (Å²) in [6, 6.07) is 23.6. The second-order valence-electron chi connectivity index (χ2n) is 8.41. The first kappa shape index (κ1) is 22.8. The number of para-hydroxylation sites is 1. The van der Waals surface area contributed by atoms with Crippen molar-refractivity contribution in [1.29, 1.82) is 0 Å². The normalized spacial score (nSPS) is 15.4. The Bertz CT molecular complexity index is 1380. The highest BCUT2D eigenvalue weighted by molar-refractivity contribution is 6.42. The molecule has 35 heavy (non-hydrogen) atoms. The zero-order valence-electron chi connectivity index (χ0n) is 19.8. The van der Waals surface area contributed by atoms with Gasteiger partial charge in [-0.05, 0) is 61.5 Å². The summed E-state index contributed by atoms with van der Waals surface area (Å²) >= 11 is 6.17. The Morgan fingerprint density at radius 1 is 1.03 bits per heavy atom. The quantitative estimate of drug-likeness (QED) is 0.349. The number of halogens is 1. The SMILES string of the molecule is CCOC(=O)C1=NN(c2ccc(Cl)cc2)[C@H](c2c[nH]c3ccccc23)N1c1ccc(N(C)C)cc1. The molecule has 1 aliphatic rings. The molecule has 178 valence electrons. The van der Waals surface area contributed by atoms with E-state index in [0.717, 1.165) is 33.5 Å². The van der Waals surface area contributed by atoms with E-state index in [4.69, 9.17) is 21.4 Å². The molecule has 0 bridgehead atoms. The first-order valence-corrected chi connectivity index (χ1v) is 11.8. The maximum absolute atomic E-state index is 13.2. The van der Waals surface area contributed by atoms with Crippen LogP contribution in [0.2, 0.25) is 5.02 Å². The number of anilines is 3. The third-order valence-corrected chi connectivity index (χ3v) is 6.25. The molecule has 3 aromatic carbocycles. The monoisotopic (exact) mass is 487 g/mol. The van der Waals surface area contributed by atoms with Crippen molar-refractivity contribution in [3.8, 4) is 0 Å². The second kappa shape index (κ2) is 9.35. The van der Waals surface area contributed by atoms with E-state index in [2.05, 4.69) is 11.1 Å². The Hall–Kier alpha value is -3.97. The highest BCUT2D eigenvalue weighted by Crippen LogP contribution is 2.42. The van der Waals surface area contributed by atoms with Crippen molar-refractivity contribution in [2.24, 2.45) is 5.10 Å². The predicted octanol–water partition coefficient (Wildman–Crippen LogP) is 5.79. The molecule has 0 radical (unpaired) electrons. The van der Waals surface area contributed by atoms with E-state index in [1.54, 1.807) is 6.92 Å². The van der Waals surface area contributed by atoms with Gasteiger partial charge in [0.2, 0.25) is 5.84 Å². The Kier molecular flexibility index (Phi) is 6.09. The molecular weight excluding hydrogens is 462 g/mol. The largest absolute Gasteiger partial charge is 0.460 e. The number of hydrazone groups is 1. The molecule has 0 unspecified atom stereocenters. The highest BCUT2D eigenvalue weighted by Gasteiger charge is 2.42. The third-order valence-electron chi connectivity index (χ3n) is 6.00. The molecule has 5 rings (SSSR count). The van der Waals surface area contributed by atoms with Crippen LogP contribution in [0, 0.1) is 0 Å². The van der Waals surface area contributed by atoms with Crippen molar-refractivity contribution in [3.05, 3.63) is 89.6 Å². The topological polar surface area (TPSA) is 64.2 Å². The molecule has 4 aromatic rings. The van der Waals surface area contributed by atoms with Crippen molar-refractivity contribution < 1.29 is 9.53 Å². The van der Waals surface area contributed by atoms with Crippen LogP contribution >= 0.6 is 11.6 Å². The number of benzene rings is 3. The van der Waals surface area contributed by atoms with Gasteiger partial charge in [-0.1, -0.05) is 29.8 Å². The van der Waals surface area contributed by atoms with Gasteiger partial charge in [0, 0.05) is 53.2 Å². The number of fused-ring (bicyclic) bond motifs is 1. The third kappa shape index (κ3) is 4.19. The minimum Gasteiger partial charge on any atom is -0.460 e. The van der Waals surface area contributed by atoms with Crippen LogP contribution in [0.4, 0.5) is 17.1 Å². The van der Waals surface area contributed by atoms with Gasteiger partial charge >= 0.3 is 5.97 Å². The second-order valence-corrected chi connectivity index (χ2v) is 8.85. The van der Waals surface area contributed by atoms with Gasteiger partial charge in [-0.3, -0.25) is 4.90 Å². The van der Waals surface area contributed by atoms with Gasteiger partial charge in [-0.2, -0.15) is 0 Å². The number of ether oxygens (including phenoxy) is 1. The van der Waals surface area contributed by atoms with E-state index in [0.29, 0.717) is 5.02 Å². The fourth-order valence-electron chi connectivity index (χ4n) is 4.31. The molecule has 1 aliphatic heterocycles. The molecule has 1 aromatic heterocycles. The molecular formula is C27H26ClN5O2. The molecule has 7 nitrogen and oxygen atoms in total. The summed E-state index contributed by atoms with van der Waals surface area (Å²) < 4.78 is 5.42. The number of aromatic nitrogens is 1. The van der Waals surface area contributed by atoms with E-state index in [1.165, 1.54) is 0 Å². The van der Waals surface area contributed by atoms with E-state index >= 15 is 0 Å². The molecule has 2 heterocycles. The number of hydrogen-bond acceptors (Lipinski definition) is 6. The molecule has 1 atom stereocenters. The fourth-order valence-corrected chi connectivity index (χ4v) is 4.44. The molecule has 1 N–H and O–H groups in total. The van der Waals surface area contributed by atoms with Crippen LogP contribution < -0.4 is 14.8 Å². The summed E-state index contributed by atoms with van der Waals surface area (Å²) in [5.74, 6) is -0.264. The summed E-state index contributed by atoms with van der Waals surface area (Å²) in [7, 11) is 3.99. The van der Waals surface area contributed by atoms with Crippen LogP contribution in [0.25, 0.3) is 10.9 Å². The Labute approximate surface area is 209 Å². The average molecular weight is 488 g/mol. The van der Waals surface area contributed by atoms with E-state index < -0.39 is 12.1 Å². The molecule has 0 spiro atoms. The van der Waals surface area contributed by atoms with Crippen LogP contribution in [0.15, 0.2) is 84.1 Å². The Morgan fingerprint density at radius 2 is 1.71 bits per heavy atom. The Morgan fingerprint density at radius 3 is 2.40 bits per heavy atom. The lowest BCUT2D eigenvalue weighted by atomic mass is 10.1. The minimum atomic E-state index is -0.481. The maximum atomic E-state index is 13.2. The van der Waals surface area contributed by atoms with E-state index in [-0.39, 0.29) is 12.4 Å². The number of nitrogens with zero attached hydrogens (tertiary/aromatic N) is 4. The zero-order chi connectivity index (χ0) is 24.5. The van der Waals surface area contributed by atoms with Crippen molar-refractivity contribution in [2.75, 3.05) is 35.5 Å². The van der Waals surface area contributed by atoms with Crippen molar-refractivity contribution in [3.63, 3.8) is 0 Å². The lowest BCUT2D eigenvalue weighted by Gasteiger charge is -2.31. The summed E-state index contributed by atoms with van der Waals surface area (Å²) in [5, 5.41) is 8.32. The molecule has 0 aliphatic carbocycles. The lowest BCUT2D eigenvalue weighted by molar-refractivity contribution is -0.135. The Balaban J connectivity index is 1.71. The van der Waals surface area contributed by atoms with Crippen molar-refractivity contribution in [1.82, 2.24) is 4.98 Å². The minimum absolute atomic E-state index is 0.217. The van der Waals surface area contributed by atoms with Crippen LogP contribution in [0.1, 0.15) is 18.7 Å². The van der Waals surface area contributed by atoms with E-state index in [1.807, 2.05) is 102 Å². The first-order valence-electron chi connectivity index (χ1n) is 11.4. The number of carbonyl (C=O) groups excluding carboxylic acids is 1. The van der Waals surface area contributed by atoms with Crippen LogP contribution in [-0.2, 0) is 9.53 Å². The van der Waals surface area contributed by atoms with Gasteiger partial charge in [-0.15, -0.1) is 5.10 Å². The van der Waals surface area contributed by atoms with Gasteiger partial charge in [0.15, 0.2) is 6.17 Å². The number of hydrogen-bond donors (Lipinski definition) is 1. The number of rotatable bonds is 6. The van der Waals surface area contributed by atoms with Crippen molar-refractivity contribution >= 4 is 51.4 Å². The number of aromatic amines is 1.